The van der Waals surface area contributed by atoms with E-state index in [1.807, 2.05) is 30.4 Å². The molecular weight excluding hydrogens is 216 g/mol. The molecule has 0 bridgehead atoms. The summed E-state index contributed by atoms with van der Waals surface area (Å²) in [6.45, 7) is 0. The molecule has 0 spiro atoms. The van der Waals surface area contributed by atoms with E-state index < -0.39 is 0 Å². The highest BCUT2D eigenvalue weighted by molar-refractivity contribution is 9.10. The number of benzene rings is 1. The van der Waals surface area contributed by atoms with Gasteiger partial charge >= 0.3 is 0 Å². The van der Waals surface area contributed by atoms with Crippen LogP contribution in [-0.4, -0.2) is 6.21 Å². The Morgan fingerprint density at radius 2 is 2.25 bits per heavy atom. The van der Waals surface area contributed by atoms with Crippen LogP contribution < -0.4 is 5.43 Å². The Kier molecular flexibility index (Phi) is 1.96. The Bertz CT molecular complexity index is 356. The first-order valence-electron chi connectivity index (χ1n) is 3.61. The van der Waals surface area contributed by atoms with Crippen molar-refractivity contribution in [2.45, 2.75) is 0 Å². The Morgan fingerprint density at radius 1 is 1.33 bits per heavy atom. The summed E-state index contributed by atoms with van der Waals surface area (Å²) in [7, 11) is 0. The van der Waals surface area contributed by atoms with Gasteiger partial charge in [0, 0.05) is 16.3 Å². The van der Waals surface area contributed by atoms with Crippen LogP contribution in [0.3, 0.4) is 0 Å². The Labute approximate surface area is 79.1 Å². The fourth-order valence-electron chi connectivity index (χ4n) is 1.07. The molecule has 2 rings (SSSR count). The number of rotatable bonds is 0. The van der Waals surface area contributed by atoms with Crippen molar-refractivity contribution < 1.29 is 0 Å². The smallest absolute Gasteiger partial charge is 0.0634 e. The van der Waals surface area contributed by atoms with Gasteiger partial charge in [-0.15, -0.1) is 0 Å². The van der Waals surface area contributed by atoms with Crippen molar-refractivity contribution >= 4 is 33.9 Å². The number of hydrazone groups is 1. The third-order valence-electron chi connectivity index (χ3n) is 1.63. The largest absolute Gasteiger partial charge is 0.278 e. The highest BCUT2D eigenvalue weighted by Crippen LogP contribution is 2.22. The molecule has 60 valence electrons. The molecule has 1 heterocycles. The fraction of sp³-hybridized carbons (Fsp3) is 0. The van der Waals surface area contributed by atoms with Crippen LogP contribution in [0.1, 0.15) is 5.56 Å². The summed E-state index contributed by atoms with van der Waals surface area (Å²) in [6.07, 6.45) is 5.66. The zero-order valence-electron chi connectivity index (χ0n) is 6.29. The summed E-state index contributed by atoms with van der Waals surface area (Å²) in [5.41, 5.74) is 5.11. The summed E-state index contributed by atoms with van der Waals surface area (Å²) in [4.78, 5) is 0. The van der Waals surface area contributed by atoms with Gasteiger partial charge in [0.2, 0.25) is 0 Å². The molecule has 3 heteroatoms. The average molecular weight is 223 g/mol. The number of halogens is 1. The van der Waals surface area contributed by atoms with Gasteiger partial charge in [0.1, 0.15) is 0 Å². The summed E-state index contributed by atoms with van der Waals surface area (Å²) in [5, 5.41) is 3.96. The number of fused-ring (bicyclic) bond motifs is 1. The molecule has 0 unspecified atom stereocenters. The van der Waals surface area contributed by atoms with Gasteiger partial charge in [-0.1, -0.05) is 22.0 Å². The number of hydrogen-bond acceptors (Lipinski definition) is 2. The summed E-state index contributed by atoms with van der Waals surface area (Å²) < 4.78 is 1.08. The zero-order chi connectivity index (χ0) is 8.39. The molecule has 1 aromatic carbocycles. The maximum absolute atomic E-state index is 3.96. The lowest BCUT2D eigenvalue weighted by molar-refractivity contribution is 1.35. The molecule has 12 heavy (non-hydrogen) atoms. The van der Waals surface area contributed by atoms with E-state index in [2.05, 4.69) is 26.5 Å². The van der Waals surface area contributed by atoms with Crippen molar-refractivity contribution in [3.8, 4) is 0 Å². The van der Waals surface area contributed by atoms with Gasteiger partial charge in [0.25, 0.3) is 0 Å². The molecular formula is C9H7BrN2. The van der Waals surface area contributed by atoms with E-state index in [0.29, 0.717) is 0 Å². The highest BCUT2D eigenvalue weighted by atomic mass is 79.9. The first-order chi connectivity index (χ1) is 5.86. The minimum atomic E-state index is 1.03. The second-order valence-electron chi connectivity index (χ2n) is 2.48. The first-order valence-corrected chi connectivity index (χ1v) is 4.41. The number of allylic oxidation sites excluding steroid dienone is 1. The molecule has 0 saturated heterocycles. The normalized spacial score (nSPS) is 13.4. The maximum Gasteiger partial charge on any atom is 0.0634 e. The van der Waals surface area contributed by atoms with E-state index in [0.717, 1.165) is 15.7 Å². The van der Waals surface area contributed by atoms with Crippen LogP contribution in [0, 0.1) is 0 Å². The van der Waals surface area contributed by atoms with E-state index in [9.17, 15) is 0 Å². The molecule has 0 aromatic heterocycles. The van der Waals surface area contributed by atoms with Gasteiger partial charge in [0.05, 0.1) is 5.69 Å². The minimum Gasteiger partial charge on any atom is -0.278 e. The van der Waals surface area contributed by atoms with Crippen LogP contribution in [0.5, 0.6) is 0 Å². The third-order valence-corrected chi connectivity index (χ3v) is 2.13. The zero-order valence-corrected chi connectivity index (χ0v) is 7.88. The van der Waals surface area contributed by atoms with E-state index in [-0.39, 0.29) is 0 Å². The van der Waals surface area contributed by atoms with E-state index >= 15 is 0 Å². The molecule has 1 aliphatic rings. The van der Waals surface area contributed by atoms with Crippen molar-refractivity contribution in [2.24, 2.45) is 5.10 Å². The number of nitrogens with one attached hydrogen (secondary N) is 1. The maximum atomic E-state index is 3.96. The van der Waals surface area contributed by atoms with Crippen LogP contribution in [0.4, 0.5) is 5.69 Å². The Morgan fingerprint density at radius 3 is 3.17 bits per heavy atom. The Hall–Kier alpha value is -1.09. The lowest BCUT2D eigenvalue weighted by atomic mass is 10.2. The van der Waals surface area contributed by atoms with Gasteiger partial charge in [0.15, 0.2) is 0 Å². The molecule has 1 aliphatic heterocycles. The lowest BCUT2D eigenvalue weighted by Crippen LogP contribution is -1.88. The molecule has 0 aliphatic carbocycles. The SMILES string of the molecule is Brc1ccc2c(c1)C=CC=NN2. The van der Waals surface area contributed by atoms with Gasteiger partial charge in [-0.3, -0.25) is 5.43 Å². The summed E-state index contributed by atoms with van der Waals surface area (Å²) in [5.74, 6) is 0. The van der Waals surface area contributed by atoms with Crippen molar-refractivity contribution in [1.29, 1.82) is 0 Å². The second kappa shape index (κ2) is 3.11. The van der Waals surface area contributed by atoms with Crippen molar-refractivity contribution in [3.63, 3.8) is 0 Å². The molecule has 2 nitrogen and oxygen atoms in total. The molecule has 0 amide bonds. The van der Waals surface area contributed by atoms with Crippen LogP contribution >= 0.6 is 15.9 Å². The van der Waals surface area contributed by atoms with E-state index in [4.69, 9.17) is 0 Å². The topological polar surface area (TPSA) is 24.4 Å². The molecule has 1 N–H and O–H groups in total. The third kappa shape index (κ3) is 1.41. The van der Waals surface area contributed by atoms with Gasteiger partial charge < -0.3 is 0 Å². The van der Waals surface area contributed by atoms with E-state index in [1.54, 1.807) is 6.21 Å². The van der Waals surface area contributed by atoms with Crippen LogP contribution in [0.25, 0.3) is 6.08 Å². The fourth-order valence-corrected chi connectivity index (χ4v) is 1.45. The quantitative estimate of drug-likeness (QED) is 0.718. The van der Waals surface area contributed by atoms with Gasteiger partial charge in [-0.2, -0.15) is 5.10 Å². The first kappa shape index (κ1) is 7.55. The molecule has 1 aromatic rings. The van der Waals surface area contributed by atoms with Crippen LogP contribution in [-0.2, 0) is 0 Å². The van der Waals surface area contributed by atoms with Crippen molar-refractivity contribution in [2.75, 3.05) is 5.43 Å². The number of nitrogens with zero attached hydrogens (tertiary/aromatic N) is 1. The Balaban J connectivity index is 2.53. The molecule has 0 atom stereocenters. The molecule has 0 radical (unpaired) electrons. The predicted molar refractivity (Wildman–Crippen MR) is 55.3 cm³/mol. The predicted octanol–water partition coefficient (Wildman–Crippen LogP) is 2.87. The highest BCUT2D eigenvalue weighted by Gasteiger charge is 1.99. The second-order valence-corrected chi connectivity index (χ2v) is 3.40. The van der Waals surface area contributed by atoms with Crippen molar-refractivity contribution in [3.05, 3.63) is 34.3 Å². The van der Waals surface area contributed by atoms with Gasteiger partial charge in [-0.25, -0.2) is 0 Å². The minimum absolute atomic E-state index is 1.03. The standard InChI is InChI=1S/C9H7BrN2/c10-8-3-4-9-7(6-8)2-1-5-11-12-9/h1-6,12H. The average Bonchev–Trinajstić information content (AvgIpc) is 2.28. The van der Waals surface area contributed by atoms with Crippen LogP contribution in [0.2, 0.25) is 0 Å². The van der Waals surface area contributed by atoms with Gasteiger partial charge in [-0.05, 0) is 24.3 Å². The lowest BCUT2D eigenvalue weighted by Gasteiger charge is -2.03. The molecule has 0 fully saturated rings. The van der Waals surface area contributed by atoms with Crippen LogP contribution in [0.15, 0.2) is 33.8 Å². The monoisotopic (exact) mass is 222 g/mol. The van der Waals surface area contributed by atoms with Crippen molar-refractivity contribution in [1.82, 2.24) is 0 Å². The summed E-state index contributed by atoms with van der Waals surface area (Å²) in [6, 6.07) is 6.03. The number of hydrogen-bond donors (Lipinski definition) is 1. The molecule has 0 saturated carbocycles. The summed E-state index contributed by atoms with van der Waals surface area (Å²) >= 11 is 3.41. The van der Waals surface area contributed by atoms with E-state index in [1.165, 1.54) is 0 Å². The number of anilines is 1.